The molecule has 0 radical (unpaired) electrons. The number of hydrogen-bond donors (Lipinski definition) is 0. The molecule has 0 spiro atoms. The van der Waals surface area contributed by atoms with Crippen LogP contribution in [0.4, 0.5) is 0 Å². The topological polar surface area (TPSA) is 44.8 Å². The minimum Gasteiger partial charge on any atom is -0.493 e. The molecular formula is C12H17BrO4. The quantitative estimate of drug-likeness (QED) is 0.806. The maximum absolute atomic E-state index is 11.3. The Hall–Kier alpha value is -1.07. The van der Waals surface area contributed by atoms with Crippen LogP contribution in [-0.2, 0) is 9.47 Å². The Morgan fingerprint density at radius 2 is 1.88 bits per heavy atom. The molecule has 0 bridgehead atoms. The molecule has 0 unspecified atom stereocenters. The number of hydrogen-bond acceptors (Lipinski definition) is 4. The second-order valence-electron chi connectivity index (χ2n) is 2.97. The van der Waals surface area contributed by atoms with Gasteiger partial charge < -0.3 is 14.2 Å². The van der Waals surface area contributed by atoms with Crippen LogP contribution in [0, 0.1) is 0 Å². The Balaban J connectivity index is 0.000000770. The highest BCUT2D eigenvalue weighted by molar-refractivity contribution is 9.10. The van der Waals surface area contributed by atoms with Gasteiger partial charge in [-0.15, -0.1) is 0 Å². The SMILES string of the molecule is CCOc1cc(Br)ccc1C(=O)OC.COC. The summed E-state index contributed by atoms with van der Waals surface area (Å²) < 4.78 is 15.1. The molecule has 0 saturated carbocycles. The number of carbonyl (C=O) groups excluding carboxylic acids is 1. The number of carbonyl (C=O) groups is 1. The van der Waals surface area contributed by atoms with Crippen LogP contribution in [0.5, 0.6) is 5.75 Å². The fourth-order valence-electron chi connectivity index (χ4n) is 1.05. The van der Waals surface area contributed by atoms with Gasteiger partial charge in [-0.2, -0.15) is 0 Å². The average molecular weight is 305 g/mol. The summed E-state index contributed by atoms with van der Waals surface area (Å²) in [7, 11) is 4.60. The van der Waals surface area contributed by atoms with E-state index in [2.05, 4.69) is 25.4 Å². The molecule has 4 nitrogen and oxygen atoms in total. The third-order valence-corrected chi connectivity index (χ3v) is 2.14. The van der Waals surface area contributed by atoms with Crippen molar-refractivity contribution in [2.45, 2.75) is 6.92 Å². The Labute approximate surface area is 110 Å². The van der Waals surface area contributed by atoms with Crippen molar-refractivity contribution in [1.29, 1.82) is 0 Å². The van der Waals surface area contributed by atoms with Crippen molar-refractivity contribution in [3.63, 3.8) is 0 Å². The molecule has 1 aromatic rings. The van der Waals surface area contributed by atoms with E-state index >= 15 is 0 Å². The van der Waals surface area contributed by atoms with Crippen LogP contribution in [0.25, 0.3) is 0 Å². The lowest BCUT2D eigenvalue weighted by atomic mass is 10.2. The predicted molar refractivity (Wildman–Crippen MR) is 69.6 cm³/mol. The van der Waals surface area contributed by atoms with E-state index in [1.165, 1.54) is 7.11 Å². The lowest BCUT2D eigenvalue weighted by molar-refractivity contribution is 0.0596. The van der Waals surface area contributed by atoms with Crippen molar-refractivity contribution in [2.24, 2.45) is 0 Å². The van der Waals surface area contributed by atoms with E-state index in [4.69, 9.17) is 4.74 Å². The van der Waals surface area contributed by atoms with Gasteiger partial charge >= 0.3 is 5.97 Å². The summed E-state index contributed by atoms with van der Waals surface area (Å²) in [4.78, 5) is 11.3. The Bertz CT molecular complexity index is 352. The lowest BCUT2D eigenvalue weighted by Gasteiger charge is -2.08. The van der Waals surface area contributed by atoms with Gasteiger partial charge in [0.1, 0.15) is 11.3 Å². The first-order valence-corrected chi connectivity index (χ1v) is 5.80. The summed E-state index contributed by atoms with van der Waals surface area (Å²) in [6.07, 6.45) is 0. The zero-order valence-corrected chi connectivity index (χ0v) is 12.0. The Morgan fingerprint density at radius 1 is 1.29 bits per heavy atom. The standard InChI is InChI=1S/C10H11BrO3.C2H6O/c1-3-14-9-6-7(11)4-5-8(9)10(12)13-2;1-3-2/h4-6H,3H2,1-2H3;1-2H3. The summed E-state index contributed by atoms with van der Waals surface area (Å²) in [5.41, 5.74) is 0.442. The molecule has 1 rings (SSSR count). The molecule has 0 aliphatic heterocycles. The summed E-state index contributed by atoms with van der Waals surface area (Å²) in [5, 5.41) is 0. The zero-order valence-electron chi connectivity index (χ0n) is 10.5. The smallest absolute Gasteiger partial charge is 0.341 e. The number of ether oxygens (including phenoxy) is 3. The maximum atomic E-state index is 11.3. The molecule has 5 heteroatoms. The molecule has 96 valence electrons. The molecular weight excluding hydrogens is 288 g/mol. The van der Waals surface area contributed by atoms with Crippen molar-refractivity contribution < 1.29 is 19.0 Å². The van der Waals surface area contributed by atoms with Gasteiger partial charge in [-0.1, -0.05) is 15.9 Å². The second kappa shape index (κ2) is 9.01. The fourth-order valence-corrected chi connectivity index (χ4v) is 1.39. The zero-order chi connectivity index (χ0) is 13.3. The highest BCUT2D eigenvalue weighted by Crippen LogP contribution is 2.24. The van der Waals surface area contributed by atoms with Crippen molar-refractivity contribution >= 4 is 21.9 Å². The molecule has 0 aliphatic carbocycles. The van der Waals surface area contributed by atoms with Gasteiger partial charge in [0.15, 0.2) is 0 Å². The molecule has 0 atom stereocenters. The lowest BCUT2D eigenvalue weighted by Crippen LogP contribution is -2.05. The van der Waals surface area contributed by atoms with Gasteiger partial charge in [0.25, 0.3) is 0 Å². The van der Waals surface area contributed by atoms with E-state index in [1.807, 2.05) is 6.92 Å². The van der Waals surface area contributed by atoms with Gasteiger partial charge in [0.05, 0.1) is 13.7 Å². The van der Waals surface area contributed by atoms with Crippen molar-refractivity contribution in [3.8, 4) is 5.75 Å². The second-order valence-corrected chi connectivity index (χ2v) is 3.89. The van der Waals surface area contributed by atoms with Crippen LogP contribution in [0.1, 0.15) is 17.3 Å². The van der Waals surface area contributed by atoms with Crippen molar-refractivity contribution in [3.05, 3.63) is 28.2 Å². The average Bonchev–Trinajstić information content (AvgIpc) is 2.30. The van der Waals surface area contributed by atoms with Gasteiger partial charge in [-0.05, 0) is 25.1 Å². The van der Waals surface area contributed by atoms with E-state index in [0.29, 0.717) is 17.9 Å². The maximum Gasteiger partial charge on any atom is 0.341 e. The highest BCUT2D eigenvalue weighted by atomic mass is 79.9. The summed E-state index contributed by atoms with van der Waals surface area (Å²) in [6.45, 7) is 2.38. The molecule has 0 saturated heterocycles. The molecule has 0 N–H and O–H groups in total. The third kappa shape index (κ3) is 5.70. The molecule has 0 heterocycles. The first-order valence-electron chi connectivity index (χ1n) is 5.01. The van der Waals surface area contributed by atoms with Gasteiger partial charge in [0, 0.05) is 18.7 Å². The molecule has 0 aliphatic rings. The molecule has 0 aromatic heterocycles. The van der Waals surface area contributed by atoms with E-state index < -0.39 is 0 Å². The van der Waals surface area contributed by atoms with Crippen LogP contribution in [-0.4, -0.2) is 33.9 Å². The minimum absolute atomic E-state index is 0.388. The van der Waals surface area contributed by atoms with E-state index in [0.717, 1.165) is 4.47 Å². The number of halogens is 1. The normalized spacial score (nSPS) is 9.00. The number of esters is 1. The van der Waals surface area contributed by atoms with E-state index in [9.17, 15) is 4.79 Å². The first-order chi connectivity index (χ1) is 8.10. The van der Waals surface area contributed by atoms with Gasteiger partial charge in [-0.25, -0.2) is 4.79 Å². The highest BCUT2D eigenvalue weighted by Gasteiger charge is 2.12. The van der Waals surface area contributed by atoms with E-state index in [-0.39, 0.29) is 5.97 Å². The van der Waals surface area contributed by atoms with E-state index in [1.54, 1.807) is 32.4 Å². The van der Waals surface area contributed by atoms with Gasteiger partial charge in [0.2, 0.25) is 0 Å². The minimum atomic E-state index is -0.388. The largest absolute Gasteiger partial charge is 0.493 e. The molecule has 0 amide bonds. The first kappa shape index (κ1) is 15.9. The summed E-state index contributed by atoms with van der Waals surface area (Å²) in [6, 6.07) is 5.19. The number of methoxy groups -OCH3 is 2. The van der Waals surface area contributed by atoms with Crippen molar-refractivity contribution in [2.75, 3.05) is 27.9 Å². The van der Waals surface area contributed by atoms with Crippen LogP contribution < -0.4 is 4.74 Å². The summed E-state index contributed by atoms with van der Waals surface area (Å²) in [5.74, 6) is 0.148. The monoisotopic (exact) mass is 304 g/mol. The van der Waals surface area contributed by atoms with Crippen LogP contribution in [0.15, 0.2) is 22.7 Å². The number of benzene rings is 1. The summed E-state index contributed by atoms with van der Waals surface area (Å²) >= 11 is 3.31. The van der Waals surface area contributed by atoms with Crippen LogP contribution in [0.2, 0.25) is 0 Å². The Morgan fingerprint density at radius 3 is 2.35 bits per heavy atom. The molecule has 1 aromatic carbocycles. The molecule has 17 heavy (non-hydrogen) atoms. The molecule has 0 fully saturated rings. The van der Waals surface area contributed by atoms with Crippen molar-refractivity contribution in [1.82, 2.24) is 0 Å². The van der Waals surface area contributed by atoms with Crippen LogP contribution in [0.3, 0.4) is 0 Å². The third-order valence-electron chi connectivity index (χ3n) is 1.65. The Kier molecular flexibility index (Phi) is 8.44. The predicted octanol–water partition coefficient (Wildman–Crippen LogP) is 2.90. The van der Waals surface area contributed by atoms with Crippen LogP contribution >= 0.6 is 15.9 Å². The van der Waals surface area contributed by atoms with Gasteiger partial charge in [-0.3, -0.25) is 0 Å². The fraction of sp³-hybridized carbons (Fsp3) is 0.417. The number of rotatable bonds is 3.